The molecule has 2 aromatic rings. The molecule has 3 N–H and O–H groups in total. The molecule has 0 aliphatic rings. The van der Waals surface area contributed by atoms with Gasteiger partial charge in [-0.05, 0) is 25.0 Å². The second-order valence-electron chi connectivity index (χ2n) is 5.37. The van der Waals surface area contributed by atoms with Crippen molar-refractivity contribution in [1.29, 1.82) is 0 Å². The van der Waals surface area contributed by atoms with Gasteiger partial charge in [-0.2, -0.15) is 5.48 Å². The molecule has 126 valence electrons. The van der Waals surface area contributed by atoms with Crippen LogP contribution in [0.15, 0.2) is 60.7 Å². The van der Waals surface area contributed by atoms with Crippen LogP contribution in [0, 0.1) is 0 Å². The van der Waals surface area contributed by atoms with Gasteiger partial charge in [0.25, 0.3) is 0 Å². The van der Waals surface area contributed by atoms with Crippen LogP contribution in [0.4, 0.5) is 9.59 Å². The second kappa shape index (κ2) is 8.57. The maximum atomic E-state index is 11.8. The average molecular weight is 327 g/mol. The normalized spacial score (nSPS) is 12.6. The fourth-order valence-corrected chi connectivity index (χ4v) is 2.18. The zero-order chi connectivity index (χ0) is 17.4. The van der Waals surface area contributed by atoms with E-state index in [1.165, 1.54) is 0 Å². The van der Waals surface area contributed by atoms with Crippen LogP contribution in [-0.4, -0.2) is 12.1 Å². The van der Waals surface area contributed by atoms with E-state index >= 15 is 0 Å². The first-order chi connectivity index (χ1) is 11.6. The van der Waals surface area contributed by atoms with E-state index < -0.39 is 12.1 Å². The summed E-state index contributed by atoms with van der Waals surface area (Å²) in [5.41, 5.74) is 3.97. The molecule has 0 spiro atoms. The van der Waals surface area contributed by atoms with Crippen LogP contribution in [-0.2, 0) is 4.84 Å². The lowest BCUT2D eigenvalue weighted by Crippen LogP contribution is -2.41. The summed E-state index contributed by atoms with van der Waals surface area (Å²) in [6.45, 7) is 3.67. The molecule has 6 nitrogen and oxygen atoms in total. The molecular weight excluding hydrogens is 306 g/mol. The molecule has 2 rings (SSSR count). The number of amides is 3. The lowest BCUT2D eigenvalue weighted by molar-refractivity contribution is 0.0967. The number of hydroxylamine groups is 1. The van der Waals surface area contributed by atoms with Gasteiger partial charge >= 0.3 is 12.1 Å². The van der Waals surface area contributed by atoms with E-state index in [0.717, 1.165) is 11.1 Å². The summed E-state index contributed by atoms with van der Waals surface area (Å²) in [6, 6.07) is 17.9. The van der Waals surface area contributed by atoms with Crippen molar-refractivity contribution in [3.8, 4) is 0 Å². The van der Waals surface area contributed by atoms with Gasteiger partial charge in [-0.25, -0.2) is 9.59 Å². The van der Waals surface area contributed by atoms with Gasteiger partial charge in [-0.1, -0.05) is 60.7 Å². The molecule has 2 atom stereocenters. The Morgan fingerprint density at radius 3 is 1.75 bits per heavy atom. The molecule has 0 radical (unpaired) electrons. The highest BCUT2D eigenvalue weighted by Gasteiger charge is 2.13. The molecule has 0 aromatic heterocycles. The van der Waals surface area contributed by atoms with Gasteiger partial charge in [0.2, 0.25) is 0 Å². The Bertz CT molecular complexity index is 602. The number of nitrogens with one attached hydrogen (secondary N) is 3. The van der Waals surface area contributed by atoms with Crippen LogP contribution in [0.3, 0.4) is 0 Å². The first-order valence-electron chi connectivity index (χ1n) is 7.70. The van der Waals surface area contributed by atoms with E-state index in [1.807, 2.05) is 74.5 Å². The van der Waals surface area contributed by atoms with Crippen molar-refractivity contribution in [3.63, 3.8) is 0 Å². The maximum Gasteiger partial charge on any atom is 0.432 e. The van der Waals surface area contributed by atoms with Crippen molar-refractivity contribution in [1.82, 2.24) is 16.1 Å². The third-order valence-corrected chi connectivity index (χ3v) is 3.52. The number of benzene rings is 2. The van der Waals surface area contributed by atoms with Crippen LogP contribution >= 0.6 is 0 Å². The zero-order valence-electron chi connectivity index (χ0n) is 13.7. The summed E-state index contributed by atoms with van der Waals surface area (Å²) in [5, 5.41) is 5.31. The van der Waals surface area contributed by atoms with Crippen molar-refractivity contribution in [2.75, 3.05) is 0 Å². The Hall–Kier alpha value is -3.02. The molecule has 0 aliphatic heterocycles. The molecule has 0 heterocycles. The van der Waals surface area contributed by atoms with Crippen LogP contribution < -0.4 is 16.1 Å². The van der Waals surface area contributed by atoms with E-state index in [1.54, 1.807) is 0 Å². The smallest absolute Gasteiger partial charge is 0.329 e. The zero-order valence-corrected chi connectivity index (χ0v) is 13.7. The van der Waals surface area contributed by atoms with Gasteiger partial charge in [0.1, 0.15) is 0 Å². The topological polar surface area (TPSA) is 79.5 Å². The number of carbonyl (C=O) groups excluding carboxylic acids is 2. The maximum absolute atomic E-state index is 11.8. The average Bonchev–Trinajstić information content (AvgIpc) is 2.61. The Balaban J connectivity index is 1.74. The number of carbonyl (C=O) groups is 2. The van der Waals surface area contributed by atoms with Crippen LogP contribution in [0.25, 0.3) is 0 Å². The van der Waals surface area contributed by atoms with Crippen molar-refractivity contribution in [3.05, 3.63) is 71.8 Å². The minimum atomic E-state index is -0.728. The highest BCUT2D eigenvalue weighted by molar-refractivity contribution is 5.76. The lowest BCUT2D eigenvalue weighted by Gasteiger charge is -2.16. The summed E-state index contributed by atoms with van der Waals surface area (Å²) < 4.78 is 0. The van der Waals surface area contributed by atoms with Crippen LogP contribution in [0.5, 0.6) is 0 Å². The molecular formula is C18H21N3O3. The van der Waals surface area contributed by atoms with Gasteiger partial charge in [-0.3, -0.25) is 0 Å². The Kier molecular flexibility index (Phi) is 6.19. The molecule has 24 heavy (non-hydrogen) atoms. The van der Waals surface area contributed by atoms with Gasteiger partial charge in [0, 0.05) is 0 Å². The van der Waals surface area contributed by atoms with E-state index in [9.17, 15) is 9.59 Å². The predicted molar refractivity (Wildman–Crippen MR) is 91.0 cm³/mol. The molecule has 0 unspecified atom stereocenters. The van der Waals surface area contributed by atoms with Crippen molar-refractivity contribution in [2.45, 2.75) is 25.9 Å². The van der Waals surface area contributed by atoms with Crippen molar-refractivity contribution < 1.29 is 14.4 Å². The molecule has 2 aromatic carbocycles. The Morgan fingerprint density at radius 1 is 0.792 bits per heavy atom. The molecule has 0 saturated carbocycles. The minimum Gasteiger partial charge on any atom is -0.329 e. The standard InChI is InChI=1S/C18H21N3O3/c1-13(15-9-5-3-6-10-15)19-17(22)21-24-18(23)20-14(2)16-11-7-4-8-12-16/h3-14H,1-2H3,(H,20,23)(H2,19,21,22)/t13-,14-/m1/s1. The highest BCUT2D eigenvalue weighted by Crippen LogP contribution is 2.11. The SMILES string of the molecule is C[C@@H](NC(=O)NOC(=O)N[C@H](C)c1ccccc1)c1ccccc1. The number of rotatable bonds is 4. The number of urea groups is 1. The second-order valence-corrected chi connectivity index (χ2v) is 5.37. The summed E-state index contributed by atoms with van der Waals surface area (Å²) in [6.07, 6.45) is -0.728. The summed E-state index contributed by atoms with van der Waals surface area (Å²) in [5.74, 6) is 0. The lowest BCUT2D eigenvalue weighted by atomic mass is 10.1. The van der Waals surface area contributed by atoms with Crippen LogP contribution in [0.2, 0.25) is 0 Å². The van der Waals surface area contributed by atoms with E-state index in [4.69, 9.17) is 4.84 Å². The van der Waals surface area contributed by atoms with Crippen molar-refractivity contribution in [2.24, 2.45) is 0 Å². The van der Waals surface area contributed by atoms with E-state index in [2.05, 4.69) is 16.1 Å². The monoisotopic (exact) mass is 327 g/mol. The third-order valence-electron chi connectivity index (χ3n) is 3.52. The van der Waals surface area contributed by atoms with Crippen molar-refractivity contribution >= 4 is 12.1 Å². The predicted octanol–water partition coefficient (Wildman–Crippen LogP) is 3.45. The van der Waals surface area contributed by atoms with Crippen LogP contribution in [0.1, 0.15) is 37.1 Å². The largest absolute Gasteiger partial charge is 0.432 e. The first kappa shape index (κ1) is 17.3. The Labute approximate surface area is 141 Å². The fourth-order valence-electron chi connectivity index (χ4n) is 2.18. The Morgan fingerprint density at radius 2 is 1.25 bits per heavy atom. The van der Waals surface area contributed by atoms with E-state index in [-0.39, 0.29) is 12.1 Å². The highest BCUT2D eigenvalue weighted by atomic mass is 16.7. The molecule has 0 fully saturated rings. The molecule has 3 amide bonds. The minimum absolute atomic E-state index is 0.207. The molecule has 0 bridgehead atoms. The third kappa shape index (κ3) is 5.31. The quantitative estimate of drug-likeness (QED) is 0.753. The number of hydrogen-bond donors (Lipinski definition) is 3. The fraction of sp³-hybridized carbons (Fsp3) is 0.222. The summed E-state index contributed by atoms with van der Waals surface area (Å²) in [4.78, 5) is 28.2. The summed E-state index contributed by atoms with van der Waals surface area (Å²) in [7, 11) is 0. The van der Waals surface area contributed by atoms with Gasteiger partial charge in [0.05, 0.1) is 12.1 Å². The number of hydrogen-bond acceptors (Lipinski definition) is 3. The first-order valence-corrected chi connectivity index (χ1v) is 7.70. The van der Waals surface area contributed by atoms with Gasteiger partial charge in [0.15, 0.2) is 0 Å². The molecule has 0 aliphatic carbocycles. The van der Waals surface area contributed by atoms with E-state index in [0.29, 0.717) is 0 Å². The summed E-state index contributed by atoms with van der Waals surface area (Å²) >= 11 is 0. The van der Waals surface area contributed by atoms with Gasteiger partial charge in [-0.15, -0.1) is 0 Å². The van der Waals surface area contributed by atoms with Gasteiger partial charge < -0.3 is 15.5 Å². The molecule has 0 saturated heterocycles. The molecule has 6 heteroatoms.